The molecule has 0 aliphatic heterocycles. The highest BCUT2D eigenvalue weighted by atomic mass is 16.5. The van der Waals surface area contributed by atoms with Gasteiger partial charge in [0.15, 0.2) is 0 Å². The second-order valence-electron chi connectivity index (χ2n) is 6.71. The van der Waals surface area contributed by atoms with Gasteiger partial charge < -0.3 is 15.4 Å². The molecule has 0 spiro atoms. The van der Waals surface area contributed by atoms with E-state index < -0.39 is 0 Å². The van der Waals surface area contributed by atoms with E-state index in [-0.39, 0.29) is 6.03 Å². The molecule has 1 aromatic carbocycles. The lowest BCUT2D eigenvalue weighted by Crippen LogP contribution is -2.28. The van der Waals surface area contributed by atoms with E-state index in [4.69, 9.17) is 4.74 Å². The molecule has 8 nitrogen and oxygen atoms in total. The van der Waals surface area contributed by atoms with Crippen LogP contribution in [0.25, 0.3) is 21.9 Å². The Bertz CT molecular complexity index is 1210. The molecule has 4 aromatic rings. The van der Waals surface area contributed by atoms with Crippen molar-refractivity contribution in [3.63, 3.8) is 0 Å². The van der Waals surface area contributed by atoms with Crippen LogP contribution >= 0.6 is 0 Å². The number of ether oxygens (including phenoxy) is 1. The second kappa shape index (κ2) is 9.08. The number of carbonyl (C=O) groups is 1. The Labute approximate surface area is 179 Å². The zero-order chi connectivity index (χ0) is 21.6. The first-order valence-electron chi connectivity index (χ1n) is 9.83. The number of benzene rings is 1. The van der Waals surface area contributed by atoms with E-state index in [1.807, 2.05) is 49.4 Å². The number of nitrogens with zero attached hydrogens (tertiary/aromatic N) is 3. The minimum atomic E-state index is -0.300. The number of aromatic nitrogens is 3. The van der Waals surface area contributed by atoms with Crippen LogP contribution in [0.4, 0.5) is 22.0 Å². The summed E-state index contributed by atoms with van der Waals surface area (Å²) >= 11 is 0. The first-order chi connectivity index (χ1) is 15.2. The molecule has 3 heterocycles. The van der Waals surface area contributed by atoms with Crippen molar-refractivity contribution in [2.45, 2.75) is 6.92 Å². The number of methoxy groups -OCH3 is 1. The lowest BCUT2D eigenvalue weighted by Gasteiger charge is -2.15. The molecule has 2 amide bonds. The van der Waals surface area contributed by atoms with Crippen LogP contribution in [0.2, 0.25) is 0 Å². The number of pyridine rings is 3. The SMILES string of the molecule is CCNC(=O)Nc1cc2c(-c3ccnc(OC)c3)ccc(Nc3cccnc3)c2cn1. The van der Waals surface area contributed by atoms with Gasteiger partial charge in [0.2, 0.25) is 5.88 Å². The first kappa shape index (κ1) is 20.1. The lowest BCUT2D eigenvalue weighted by molar-refractivity contribution is 0.252. The Kier molecular flexibility index (Phi) is 5.89. The zero-order valence-corrected chi connectivity index (χ0v) is 17.2. The normalized spacial score (nSPS) is 10.5. The fraction of sp³-hybridized carbons (Fsp3) is 0.130. The average molecular weight is 414 g/mol. The van der Waals surface area contributed by atoms with Gasteiger partial charge in [-0.05, 0) is 53.8 Å². The number of hydrogen-bond donors (Lipinski definition) is 3. The van der Waals surface area contributed by atoms with Crippen LogP contribution < -0.4 is 20.7 Å². The largest absolute Gasteiger partial charge is 0.481 e. The maximum Gasteiger partial charge on any atom is 0.320 e. The van der Waals surface area contributed by atoms with Crippen molar-refractivity contribution in [1.29, 1.82) is 0 Å². The molecule has 0 fully saturated rings. The Morgan fingerprint density at radius 2 is 1.94 bits per heavy atom. The van der Waals surface area contributed by atoms with Gasteiger partial charge in [0.05, 0.1) is 19.0 Å². The predicted octanol–water partition coefficient (Wildman–Crippen LogP) is 4.59. The molecule has 0 atom stereocenters. The van der Waals surface area contributed by atoms with Gasteiger partial charge in [-0.2, -0.15) is 0 Å². The molecule has 0 aliphatic carbocycles. The molecule has 4 rings (SSSR count). The first-order valence-corrected chi connectivity index (χ1v) is 9.83. The van der Waals surface area contributed by atoms with Crippen LogP contribution in [0.5, 0.6) is 5.88 Å². The van der Waals surface area contributed by atoms with Gasteiger partial charge in [0.1, 0.15) is 5.82 Å². The fourth-order valence-electron chi connectivity index (χ4n) is 3.27. The van der Waals surface area contributed by atoms with E-state index in [0.29, 0.717) is 18.2 Å². The van der Waals surface area contributed by atoms with E-state index in [1.54, 1.807) is 31.9 Å². The van der Waals surface area contributed by atoms with Crippen LogP contribution in [0.1, 0.15) is 6.92 Å². The predicted molar refractivity (Wildman–Crippen MR) is 122 cm³/mol. The van der Waals surface area contributed by atoms with Crippen molar-refractivity contribution in [1.82, 2.24) is 20.3 Å². The highest BCUT2D eigenvalue weighted by Gasteiger charge is 2.12. The quantitative estimate of drug-likeness (QED) is 0.427. The number of amides is 2. The smallest absolute Gasteiger partial charge is 0.320 e. The van der Waals surface area contributed by atoms with Crippen molar-refractivity contribution in [2.24, 2.45) is 0 Å². The van der Waals surface area contributed by atoms with Crippen molar-refractivity contribution >= 4 is 34.0 Å². The molecule has 3 N–H and O–H groups in total. The third-order valence-corrected chi connectivity index (χ3v) is 4.68. The zero-order valence-electron chi connectivity index (χ0n) is 17.2. The Balaban J connectivity index is 1.83. The number of carbonyl (C=O) groups excluding carboxylic acids is 1. The summed E-state index contributed by atoms with van der Waals surface area (Å²) in [4.78, 5) is 24.8. The molecule has 156 valence electrons. The number of fused-ring (bicyclic) bond motifs is 1. The Morgan fingerprint density at radius 3 is 2.71 bits per heavy atom. The van der Waals surface area contributed by atoms with Crippen LogP contribution in [-0.4, -0.2) is 34.6 Å². The van der Waals surface area contributed by atoms with Crippen LogP contribution in [0.3, 0.4) is 0 Å². The lowest BCUT2D eigenvalue weighted by atomic mass is 9.98. The third-order valence-electron chi connectivity index (χ3n) is 4.68. The minimum Gasteiger partial charge on any atom is -0.481 e. The summed E-state index contributed by atoms with van der Waals surface area (Å²) in [6.45, 7) is 2.39. The second-order valence-corrected chi connectivity index (χ2v) is 6.71. The molecule has 0 radical (unpaired) electrons. The average Bonchev–Trinajstić information content (AvgIpc) is 2.80. The molecular formula is C23H22N6O2. The summed E-state index contributed by atoms with van der Waals surface area (Å²) in [7, 11) is 1.59. The molecule has 3 aromatic heterocycles. The van der Waals surface area contributed by atoms with Crippen LogP contribution in [0.15, 0.2) is 67.3 Å². The van der Waals surface area contributed by atoms with Crippen LogP contribution in [0, 0.1) is 0 Å². The van der Waals surface area contributed by atoms with Gasteiger partial charge in [0, 0.05) is 42.3 Å². The van der Waals surface area contributed by atoms with E-state index in [9.17, 15) is 4.79 Å². The molecule has 0 aliphatic rings. The molecule has 31 heavy (non-hydrogen) atoms. The molecule has 0 saturated heterocycles. The third kappa shape index (κ3) is 4.53. The number of hydrogen-bond acceptors (Lipinski definition) is 6. The van der Waals surface area contributed by atoms with Crippen LogP contribution in [-0.2, 0) is 0 Å². The molecular weight excluding hydrogens is 392 g/mol. The van der Waals surface area contributed by atoms with E-state index in [1.165, 1.54) is 0 Å². The van der Waals surface area contributed by atoms with Gasteiger partial charge in [-0.25, -0.2) is 14.8 Å². The molecule has 0 saturated carbocycles. The van der Waals surface area contributed by atoms with Gasteiger partial charge in [0.25, 0.3) is 0 Å². The number of nitrogens with one attached hydrogen (secondary N) is 3. The summed E-state index contributed by atoms with van der Waals surface area (Å²) in [5.41, 5.74) is 3.66. The molecule has 0 unspecified atom stereocenters. The summed E-state index contributed by atoms with van der Waals surface area (Å²) in [6, 6.07) is 13.2. The van der Waals surface area contributed by atoms with Crippen molar-refractivity contribution in [3.8, 4) is 17.0 Å². The molecule has 0 bridgehead atoms. The summed E-state index contributed by atoms with van der Waals surface area (Å²) in [6.07, 6.45) is 6.93. The molecule has 8 heteroatoms. The van der Waals surface area contributed by atoms with Gasteiger partial charge in [-0.1, -0.05) is 6.07 Å². The Morgan fingerprint density at radius 1 is 1.03 bits per heavy atom. The van der Waals surface area contributed by atoms with Gasteiger partial charge in [-0.3, -0.25) is 10.3 Å². The number of urea groups is 1. The maximum atomic E-state index is 12.0. The van der Waals surface area contributed by atoms with Gasteiger partial charge >= 0.3 is 6.03 Å². The highest BCUT2D eigenvalue weighted by molar-refractivity contribution is 6.05. The standard InChI is InChI=1S/C23H22N6O2/c1-3-25-23(30)29-21-12-18-17(15-8-10-26-22(11-15)31-2)6-7-20(19(18)14-27-21)28-16-5-4-9-24-13-16/h4-14,28H,3H2,1-2H3,(H2,25,27,29,30). The monoisotopic (exact) mass is 414 g/mol. The fourth-order valence-corrected chi connectivity index (χ4v) is 3.27. The Hall–Kier alpha value is -4.20. The van der Waals surface area contributed by atoms with Crippen molar-refractivity contribution < 1.29 is 9.53 Å². The number of anilines is 3. The van der Waals surface area contributed by atoms with Gasteiger partial charge in [-0.15, -0.1) is 0 Å². The minimum absolute atomic E-state index is 0.300. The number of rotatable bonds is 6. The van der Waals surface area contributed by atoms with E-state index >= 15 is 0 Å². The van der Waals surface area contributed by atoms with Crippen molar-refractivity contribution in [3.05, 3.63) is 67.3 Å². The summed E-state index contributed by atoms with van der Waals surface area (Å²) in [5, 5.41) is 10.7. The topological polar surface area (TPSA) is 101 Å². The van der Waals surface area contributed by atoms with E-state index in [2.05, 4.69) is 30.9 Å². The maximum absolute atomic E-state index is 12.0. The summed E-state index contributed by atoms with van der Waals surface area (Å²) in [5.74, 6) is 0.984. The van der Waals surface area contributed by atoms with Crippen molar-refractivity contribution in [2.75, 3.05) is 24.3 Å². The highest BCUT2D eigenvalue weighted by Crippen LogP contribution is 2.36. The summed E-state index contributed by atoms with van der Waals surface area (Å²) < 4.78 is 5.29. The van der Waals surface area contributed by atoms with E-state index in [0.717, 1.165) is 33.3 Å².